The predicted molar refractivity (Wildman–Crippen MR) is 64.8 cm³/mol. The van der Waals surface area contributed by atoms with Gasteiger partial charge < -0.3 is 9.84 Å². The van der Waals surface area contributed by atoms with Crippen LogP contribution in [0.1, 0.15) is 26.2 Å². The summed E-state index contributed by atoms with van der Waals surface area (Å²) >= 11 is 16.3. The molecule has 16 heavy (non-hydrogen) atoms. The van der Waals surface area contributed by atoms with Crippen molar-refractivity contribution >= 4 is 40.8 Å². The van der Waals surface area contributed by atoms with Gasteiger partial charge in [-0.2, -0.15) is 0 Å². The Labute approximate surface area is 110 Å². The summed E-state index contributed by atoms with van der Waals surface area (Å²) in [6.45, 7) is 2.73. The second kappa shape index (κ2) is 8.37. The van der Waals surface area contributed by atoms with Crippen molar-refractivity contribution in [3.05, 3.63) is 0 Å². The van der Waals surface area contributed by atoms with Crippen molar-refractivity contribution in [1.82, 2.24) is 5.32 Å². The molecule has 0 amide bonds. The highest BCUT2D eigenvalue weighted by Gasteiger charge is 2.29. The van der Waals surface area contributed by atoms with E-state index in [1.165, 1.54) is 0 Å². The van der Waals surface area contributed by atoms with Gasteiger partial charge in [0.2, 0.25) is 3.79 Å². The number of aliphatic hydroxyl groups is 1. The van der Waals surface area contributed by atoms with Crippen LogP contribution in [-0.4, -0.2) is 34.2 Å². The highest BCUT2D eigenvalue weighted by Crippen LogP contribution is 2.28. The molecule has 0 radical (unpaired) electrons. The van der Waals surface area contributed by atoms with Crippen LogP contribution in [0.3, 0.4) is 0 Å². The highest BCUT2D eigenvalue weighted by atomic mass is 35.6. The lowest BCUT2D eigenvalue weighted by Crippen LogP contribution is -2.40. The number of hydrogen-bond donors (Lipinski definition) is 2. The van der Waals surface area contributed by atoms with Gasteiger partial charge in [-0.25, -0.2) is 0 Å². The predicted octanol–water partition coefficient (Wildman–Crippen LogP) is 2.00. The number of hydrogen-bond acceptors (Lipinski definition) is 4. The van der Waals surface area contributed by atoms with Gasteiger partial charge in [0.05, 0.1) is 6.61 Å². The van der Waals surface area contributed by atoms with Crippen molar-refractivity contribution in [3.8, 4) is 0 Å². The fraction of sp³-hybridized carbons (Fsp3) is 0.889. The van der Waals surface area contributed by atoms with Gasteiger partial charge in [0.1, 0.15) is 0 Å². The molecule has 4 nitrogen and oxygen atoms in total. The normalized spacial score (nSPS) is 13.6. The molecule has 0 aromatic heterocycles. The molecule has 0 aromatic carbocycles. The van der Waals surface area contributed by atoms with Crippen molar-refractivity contribution < 1.29 is 14.6 Å². The number of carbonyl (C=O) groups excluding carboxylic acids is 1. The Morgan fingerprint density at radius 1 is 1.50 bits per heavy atom. The molecule has 0 unspecified atom stereocenters. The van der Waals surface area contributed by atoms with Gasteiger partial charge in [0.25, 0.3) is 0 Å². The molecule has 0 aliphatic carbocycles. The lowest BCUT2D eigenvalue weighted by Gasteiger charge is -2.19. The summed E-state index contributed by atoms with van der Waals surface area (Å²) in [5.41, 5.74) is 0. The Kier molecular flexibility index (Phi) is 8.50. The summed E-state index contributed by atoms with van der Waals surface area (Å²) in [6, 6.07) is 0. The molecule has 0 saturated carbocycles. The zero-order valence-corrected chi connectivity index (χ0v) is 11.3. The number of nitrogens with one attached hydrogen (secondary N) is 1. The van der Waals surface area contributed by atoms with Gasteiger partial charge in [-0.05, 0) is 19.4 Å². The van der Waals surface area contributed by atoms with E-state index < -0.39 is 10.0 Å². The van der Waals surface area contributed by atoms with E-state index in [-0.39, 0.29) is 12.4 Å². The third-order valence-corrected chi connectivity index (χ3v) is 2.29. The molecule has 0 aromatic rings. The zero-order valence-electron chi connectivity index (χ0n) is 9.01. The van der Waals surface area contributed by atoms with Crippen molar-refractivity contribution in [2.24, 2.45) is 0 Å². The SMILES string of the molecule is CCCOC(=O)CCCN[C@H](O)C(Cl)(Cl)Cl. The standard InChI is InChI=1S/C9H16Cl3NO3/c1-2-6-16-7(14)4-3-5-13-8(15)9(10,11)12/h8,13,15H,2-6H2,1H3/t8-/m1/s1. The Bertz CT molecular complexity index is 209. The minimum Gasteiger partial charge on any atom is -0.466 e. The monoisotopic (exact) mass is 291 g/mol. The summed E-state index contributed by atoms with van der Waals surface area (Å²) in [6.07, 6.45) is 0.347. The van der Waals surface area contributed by atoms with E-state index in [0.717, 1.165) is 6.42 Å². The molecule has 7 heteroatoms. The second-order valence-electron chi connectivity index (χ2n) is 3.22. The van der Waals surface area contributed by atoms with E-state index in [4.69, 9.17) is 39.5 Å². The summed E-state index contributed by atoms with van der Waals surface area (Å²) < 4.78 is 3.10. The van der Waals surface area contributed by atoms with Gasteiger partial charge >= 0.3 is 5.97 Å². The van der Waals surface area contributed by atoms with Crippen LogP contribution >= 0.6 is 34.8 Å². The number of esters is 1. The summed E-state index contributed by atoms with van der Waals surface area (Å²) in [4.78, 5) is 11.1. The fourth-order valence-corrected chi connectivity index (χ4v) is 1.11. The lowest BCUT2D eigenvalue weighted by molar-refractivity contribution is -0.143. The van der Waals surface area contributed by atoms with Gasteiger partial charge in [-0.15, -0.1) is 0 Å². The molecule has 2 N–H and O–H groups in total. The number of ether oxygens (including phenoxy) is 1. The number of aliphatic hydroxyl groups excluding tert-OH is 1. The molecule has 96 valence electrons. The summed E-state index contributed by atoms with van der Waals surface area (Å²) in [7, 11) is 0. The van der Waals surface area contributed by atoms with Gasteiger partial charge in [-0.1, -0.05) is 41.7 Å². The Balaban J connectivity index is 3.50. The van der Waals surface area contributed by atoms with Gasteiger partial charge in [0.15, 0.2) is 6.23 Å². The third kappa shape index (κ3) is 8.42. The topological polar surface area (TPSA) is 58.6 Å². The van der Waals surface area contributed by atoms with Crippen LogP contribution < -0.4 is 5.32 Å². The molecule has 0 fully saturated rings. The Morgan fingerprint density at radius 2 is 2.12 bits per heavy atom. The van der Waals surface area contributed by atoms with Crippen LogP contribution in [0.2, 0.25) is 0 Å². The molecule has 0 saturated heterocycles. The first-order valence-corrected chi connectivity index (χ1v) is 6.15. The van der Waals surface area contributed by atoms with Crippen molar-refractivity contribution in [2.75, 3.05) is 13.2 Å². The molecular formula is C9H16Cl3NO3. The molecule has 0 heterocycles. The number of alkyl halides is 3. The first-order valence-electron chi connectivity index (χ1n) is 5.01. The van der Waals surface area contributed by atoms with E-state index in [2.05, 4.69) is 5.32 Å². The first kappa shape index (κ1) is 16.3. The van der Waals surface area contributed by atoms with E-state index in [0.29, 0.717) is 19.6 Å². The van der Waals surface area contributed by atoms with Crippen molar-refractivity contribution in [1.29, 1.82) is 0 Å². The maximum absolute atomic E-state index is 11.1. The number of carbonyl (C=O) groups is 1. The van der Waals surface area contributed by atoms with Gasteiger partial charge in [-0.3, -0.25) is 10.1 Å². The average Bonchev–Trinajstić information content (AvgIpc) is 2.19. The fourth-order valence-electron chi connectivity index (χ4n) is 0.875. The molecule has 0 rings (SSSR count). The lowest BCUT2D eigenvalue weighted by atomic mass is 10.3. The van der Waals surface area contributed by atoms with E-state index in [9.17, 15) is 9.90 Å². The van der Waals surface area contributed by atoms with E-state index >= 15 is 0 Å². The van der Waals surface area contributed by atoms with Crippen LogP contribution in [0.5, 0.6) is 0 Å². The van der Waals surface area contributed by atoms with Crippen molar-refractivity contribution in [2.45, 2.75) is 36.2 Å². The molecule has 0 aliphatic rings. The van der Waals surface area contributed by atoms with E-state index in [1.54, 1.807) is 0 Å². The maximum Gasteiger partial charge on any atom is 0.305 e. The largest absolute Gasteiger partial charge is 0.466 e. The molecule has 0 spiro atoms. The quantitative estimate of drug-likeness (QED) is 0.326. The maximum atomic E-state index is 11.1. The summed E-state index contributed by atoms with van der Waals surface area (Å²) in [5.74, 6) is -0.257. The van der Waals surface area contributed by atoms with E-state index in [1.807, 2.05) is 6.92 Å². The first-order chi connectivity index (χ1) is 7.38. The van der Waals surface area contributed by atoms with Gasteiger partial charge in [0, 0.05) is 6.42 Å². The Morgan fingerprint density at radius 3 is 2.62 bits per heavy atom. The highest BCUT2D eigenvalue weighted by molar-refractivity contribution is 6.68. The minimum atomic E-state index is -1.76. The number of rotatable bonds is 7. The average molecular weight is 293 g/mol. The van der Waals surface area contributed by atoms with Crippen LogP contribution in [0.25, 0.3) is 0 Å². The van der Waals surface area contributed by atoms with Crippen LogP contribution in [0, 0.1) is 0 Å². The minimum absolute atomic E-state index is 0.257. The second-order valence-corrected chi connectivity index (χ2v) is 5.59. The number of halogens is 3. The zero-order chi connectivity index (χ0) is 12.6. The Hall–Kier alpha value is 0.260. The smallest absolute Gasteiger partial charge is 0.305 e. The van der Waals surface area contributed by atoms with Crippen LogP contribution in [0.15, 0.2) is 0 Å². The summed E-state index contributed by atoms with van der Waals surface area (Å²) in [5, 5.41) is 11.9. The van der Waals surface area contributed by atoms with Crippen molar-refractivity contribution in [3.63, 3.8) is 0 Å². The van der Waals surface area contributed by atoms with Crippen LogP contribution in [0.4, 0.5) is 0 Å². The molecule has 0 aliphatic heterocycles. The molecule has 1 atom stereocenters. The third-order valence-electron chi connectivity index (χ3n) is 1.67. The molecular weight excluding hydrogens is 276 g/mol. The molecule has 0 bridgehead atoms. The van der Waals surface area contributed by atoms with Crippen LogP contribution in [-0.2, 0) is 9.53 Å².